The molecule has 0 bridgehead atoms. The maximum Gasteiger partial charge on any atom is 0.408 e. The van der Waals surface area contributed by atoms with Gasteiger partial charge in [-0.3, -0.25) is 0 Å². The first-order valence-corrected chi connectivity index (χ1v) is 8.29. The van der Waals surface area contributed by atoms with Crippen molar-refractivity contribution in [1.82, 2.24) is 5.32 Å². The number of hydrogen-bond donors (Lipinski definition) is 3. The van der Waals surface area contributed by atoms with Crippen molar-refractivity contribution in [2.24, 2.45) is 5.73 Å². The minimum Gasteiger partial charge on any atom is -0.444 e. The number of amides is 1. The molecular weight excluding hydrogens is 310 g/mol. The molecule has 2 rings (SSSR count). The fourth-order valence-corrected chi connectivity index (χ4v) is 3.10. The molecule has 1 aliphatic rings. The number of alkyl carbamates (subject to hydrolysis) is 1. The number of thiocarbonyl (C=S) groups is 1. The summed E-state index contributed by atoms with van der Waals surface area (Å²) in [5, 5.41) is 6.23. The summed E-state index contributed by atoms with van der Waals surface area (Å²) >= 11 is 4.84. The molecule has 0 aliphatic heterocycles. The van der Waals surface area contributed by atoms with E-state index in [0.29, 0.717) is 0 Å². The molecule has 1 amide bonds. The first kappa shape index (κ1) is 17.5. The lowest BCUT2D eigenvalue weighted by molar-refractivity contribution is 0.0453. The van der Waals surface area contributed by atoms with Crippen LogP contribution in [0.25, 0.3) is 0 Å². The Balaban J connectivity index is 2.17. The van der Waals surface area contributed by atoms with Crippen molar-refractivity contribution in [3.8, 4) is 0 Å². The van der Waals surface area contributed by atoms with E-state index in [1.807, 2.05) is 45.0 Å². The van der Waals surface area contributed by atoms with E-state index in [-0.39, 0.29) is 16.7 Å². The van der Waals surface area contributed by atoms with Crippen molar-refractivity contribution < 1.29 is 9.53 Å². The fourth-order valence-electron chi connectivity index (χ4n) is 2.98. The summed E-state index contributed by atoms with van der Waals surface area (Å²) in [6.07, 6.45) is 3.62. The molecule has 0 heterocycles. The molecule has 0 aromatic heterocycles. The van der Waals surface area contributed by atoms with Gasteiger partial charge in [-0.15, -0.1) is 0 Å². The number of ether oxygens (including phenoxy) is 1. The molecule has 126 valence electrons. The zero-order valence-electron chi connectivity index (χ0n) is 13.9. The predicted molar refractivity (Wildman–Crippen MR) is 96.4 cm³/mol. The number of nitrogens with two attached hydrogens (primary N) is 1. The Labute approximate surface area is 143 Å². The SMILES string of the molecule is CC(C)(C)OC(=O)NC1(c2ccc(NC(N)=S)cc2)CCCC1. The van der Waals surface area contributed by atoms with Crippen LogP contribution in [-0.2, 0) is 10.3 Å². The minimum absolute atomic E-state index is 0.236. The van der Waals surface area contributed by atoms with Crippen LogP contribution in [0.5, 0.6) is 0 Å². The Morgan fingerprint density at radius 2 is 1.78 bits per heavy atom. The van der Waals surface area contributed by atoms with Crippen LogP contribution in [0, 0.1) is 0 Å². The average Bonchev–Trinajstić information content (AvgIpc) is 2.86. The Hall–Kier alpha value is -1.82. The van der Waals surface area contributed by atoms with Gasteiger partial charge in [0.15, 0.2) is 5.11 Å². The molecule has 1 aliphatic carbocycles. The van der Waals surface area contributed by atoms with E-state index < -0.39 is 5.60 Å². The predicted octanol–water partition coefficient (Wildman–Crippen LogP) is 3.64. The number of hydrogen-bond acceptors (Lipinski definition) is 3. The number of anilines is 1. The molecule has 1 aromatic rings. The Bertz CT molecular complexity index is 572. The molecule has 5 nitrogen and oxygen atoms in total. The molecule has 23 heavy (non-hydrogen) atoms. The molecule has 0 spiro atoms. The first-order chi connectivity index (χ1) is 10.7. The second-order valence-electron chi connectivity index (χ2n) is 6.98. The van der Waals surface area contributed by atoms with Crippen molar-refractivity contribution in [2.45, 2.75) is 57.6 Å². The van der Waals surface area contributed by atoms with E-state index >= 15 is 0 Å². The summed E-state index contributed by atoms with van der Waals surface area (Å²) in [4.78, 5) is 12.2. The quantitative estimate of drug-likeness (QED) is 0.735. The largest absolute Gasteiger partial charge is 0.444 e. The monoisotopic (exact) mass is 335 g/mol. The molecule has 1 fully saturated rings. The van der Waals surface area contributed by atoms with Gasteiger partial charge in [0, 0.05) is 5.69 Å². The van der Waals surface area contributed by atoms with Crippen LogP contribution in [0.4, 0.5) is 10.5 Å². The van der Waals surface area contributed by atoms with E-state index in [1.54, 1.807) is 0 Å². The maximum absolute atomic E-state index is 12.2. The summed E-state index contributed by atoms with van der Waals surface area (Å²) in [7, 11) is 0. The second-order valence-corrected chi connectivity index (χ2v) is 7.42. The molecule has 0 saturated heterocycles. The maximum atomic E-state index is 12.2. The zero-order valence-corrected chi connectivity index (χ0v) is 14.8. The van der Waals surface area contributed by atoms with Gasteiger partial charge >= 0.3 is 6.09 Å². The van der Waals surface area contributed by atoms with Gasteiger partial charge in [0.1, 0.15) is 5.60 Å². The lowest BCUT2D eigenvalue weighted by Crippen LogP contribution is -2.46. The minimum atomic E-state index is -0.505. The smallest absolute Gasteiger partial charge is 0.408 e. The van der Waals surface area contributed by atoms with E-state index in [4.69, 9.17) is 22.7 Å². The molecule has 6 heteroatoms. The third kappa shape index (κ3) is 4.82. The van der Waals surface area contributed by atoms with Crippen molar-refractivity contribution in [3.05, 3.63) is 29.8 Å². The topological polar surface area (TPSA) is 76.4 Å². The lowest BCUT2D eigenvalue weighted by atomic mass is 9.88. The zero-order chi connectivity index (χ0) is 17.1. The molecule has 0 unspecified atom stereocenters. The molecule has 0 radical (unpaired) electrons. The highest BCUT2D eigenvalue weighted by Crippen LogP contribution is 2.39. The van der Waals surface area contributed by atoms with E-state index in [9.17, 15) is 4.79 Å². The third-order valence-corrected chi connectivity index (χ3v) is 4.00. The van der Waals surface area contributed by atoms with Crippen LogP contribution in [-0.4, -0.2) is 16.8 Å². The van der Waals surface area contributed by atoms with Crippen LogP contribution in [0.15, 0.2) is 24.3 Å². The Morgan fingerprint density at radius 1 is 1.22 bits per heavy atom. The molecule has 1 aromatic carbocycles. The molecule has 0 atom stereocenters. The summed E-state index contributed by atoms with van der Waals surface area (Å²) in [6, 6.07) is 7.85. The van der Waals surface area contributed by atoms with Gasteiger partial charge in [-0.2, -0.15) is 0 Å². The first-order valence-electron chi connectivity index (χ1n) is 7.88. The number of rotatable bonds is 3. The van der Waals surface area contributed by atoms with Crippen LogP contribution < -0.4 is 16.4 Å². The van der Waals surface area contributed by atoms with Crippen LogP contribution >= 0.6 is 12.2 Å². The highest BCUT2D eigenvalue weighted by Gasteiger charge is 2.38. The number of carbonyl (C=O) groups is 1. The van der Waals surface area contributed by atoms with Gasteiger partial charge in [0.05, 0.1) is 5.54 Å². The van der Waals surface area contributed by atoms with Crippen molar-refractivity contribution >= 4 is 29.1 Å². The lowest BCUT2D eigenvalue weighted by Gasteiger charge is -2.32. The highest BCUT2D eigenvalue weighted by molar-refractivity contribution is 7.80. The van der Waals surface area contributed by atoms with E-state index in [2.05, 4.69) is 10.6 Å². The molecular formula is C17H25N3O2S. The summed E-state index contributed by atoms with van der Waals surface area (Å²) in [6.45, 7) is 5.60. The van der Waals surface area contributed by atoms with Gasteiger partial charge in [0.2, 0.25) is 0 Å². The van der Waals surface area contributed by atoms with E-state index in [0.717, 1.165) is 36.9 Å². The highest BCUT2D eigenvalue weighted by atomic mass is 32.1. The summed E-state index contributed by atoms with van der Waals surface area (Å²) in [5.74, 6) is 0. The number of benzene rings is 1. The van der Waals surface area contributed by atoms with Crippen molar-refractivity contribution in [1.29, 1.82) is 0 Å². The van der Waals surface area contributed by atoms with Crippen molar-refractivity contribution in [3.63, 3.8) is 0 Å². The van der Waals surface area contributed by atoms with Crippen LogP contribution in [0.1, 0.15) is 52.0 Å². The molecule has 1 saturated carbocycles. The standard InChI is InChI=1S/C17H25N3O2S/c1-16(2,3)22-15(21)20-17(10-4-5-11-17)12-6-8-13(9-7-12)19-14(18)23/h6-9H,4-5,10-11H2,1-3H3,(H,20,21)(H3,18,19,23). The third-order valence-electron chi connectivity index (χ3n) is 3.90. The van der Waals surface area contributed by atoms with E-state index in [1.165, 1.54) is 0 Å². The normalized spacial score (nSPS) is 16.7. The number of carbonyl (C=O) groups excluding carboxylic acids is 1. The van der Waals surface area contributed by atoms with Gasteiger partial charge < -0.3 is 21.1 Å². The van der Waals surface area contributed by atoms with Crippen molar-refractivity contribution in [2.75, 3.05) is 5.32 Å². The Morgan fingerprint density at radius 3 is 2.26 bits per heavy atom. The fraction of sp³-hybridized carbons (Fsp3) is 0.529. The van der Waals surface area contributed by atoms with Gasteiger partial charge in [-0.25, -0.2) is 4.79 Å². The second kappa shape index (κ2) is 6.74. The molecule has 4 N–H and O–H groups in total. The van der Waals surface area contributed by atoms with Crippen LogP contribution in [0.3, 0.4) is 0 Å². The summed E-state index contributed by atoms with van der Waals surface area (Å²) in [5.41, 5.74) is 6.54. The Kier molecular flexibility index (Phi) is 5.14. The van der Waals surface area contributed by atoms with Gasteiger partial charge in [-0.05, 0) is 63.5 Å². The summed E-state index contributed by atoms with van der Waals surface area (Å²) < 4.78 is 5.43. The van der Waals surface area contributed by atoms with Crippen LogP contribution in [0.2, 0.25) is 0 Å². The number of nitrogens with one attached hydrogen (secondary N) is 2. The average molecular weight is 335 g/mol. The van der Waals surface area contributed by atoms with Gasteiger partial charge in [-0.1, -0.05) is 25.0 Å². The van der Waals surface area contributed by atoms with Gasteiger partial charge in [0.25, 0.3) is 0 Å².